The van der Waals surface area contributed by atoms with Crippen LogP contribution >= 0.6 is 0 Å². The van der Waals surface area contributed by atoms with Crippen LogP contribution in [0.4, 0.5) is 0 Å². The molecule has 2 nitrogen and oxygen atoms in total. The first-order valence-electron chi connectivity index (χ1n) is 8.53. The molecule has 0 atom stereocenters. The molecule has 1 aromatic rings. The van der Waals surface area contributed by atoms with Crippen LogP contribution in [0.1, 0.15) is 48.9 Å². The molecular formula is C20H24O2. The molecular weight excluding hydrogens is 272 g/mol. The maximum absolute atomic E-state index is 12.5. The zero-order valence-electron chi connectivity index (χ0n) is 13.3. The number of allylic oxidation sites excluding steroid dienone is 2. The Hall–Kier alpha value is -1.57. The molecule has 0 spiro atoms. The highest BCUT2D eigenvalue weighted by Crippen LogP contribution is 2.60. The Morgan fingerprint density at radius 2 is 1.77 bits per heavy atom. The van der Waals surface area contributed by atoms with Crippen molar-refractivity contribution in [3.05, 3.63) is 42.0 Å². The van der Waals surface area contributed by atoms with Gasteiger partial charge in [-0.3, -0.25) is 4.79 Å². The number of hydrogen-bond acceptors (Lipinski definition) is 2. The van der Waals surface area contributed by atoms with Crippen LogP contribution in [0.5, 0.6) is 5.75 Å². The van der Waals surface area contributed by atoms with Gasteiger partial charge in [0.05, 0.1) is 7.11 Å². The molecule has 0 unspecified atom stereocenters. The molecule has 0 saturated heterocycles. The minimum atomic E-state index is 0.106. The Morgan fingerprint density at radius 3 is 2.36 bits per heavy atom. The summed E-state index contributed by atoms with van der Waals surface area (Å²) in [5.74, 6) is 3.61. The average molecular weight is 296 g/mol. The number of hydrogen-bond donors (Lipinski definition) is 0. The van der Waals surface area contributed by atoms with E-state index in [1.165, 1.54) is 38.5 Å². The number of carbonyl (C=O) groups excluding carboxylic acids is 1. The van der Waals surface area contributed by atoms with Crippen LogP contribution < -0.4 is 4.74 Å². The lowest BCUT2D eigenvalue weighted by atomic mass is 9.49. The van der Waals surface area contributed by atoms with Crippen molar-refractivity contribution in [2.45, 2.75) is 38.5 Å². The van der Waals surface area contributed by atoms with Gasteiger partial charge in [0.15, 0.2) is 5.78 Å². The predicted molar refractivity (Wildman–Crippen MR) is 87.1 cm³/mol. The van der Waals surface area contributed by atoms with Gasteiger partial charge in [0.1, 0.15) is 5.75 Å². The first kappa shape index (κ1) is 14.0. The Bertz CT molecular complexity index is 579. The second-order valence-electron chi connectivity index (χ2n) is 7.71. The lowest BCUT2D eigenvalue weighted by Crippen LogP contribution is -2.45. The Morgan fingerprint density at radius 1 is 1.14 bits per heavy atom. The van der Waals surface area contributed by atoms with Crippen molar-refractivity contribution in [3.8, 4) is 5.75 Å². The van der Waals surface area contributed by atoms with Crippen LogP contribution in [0.25, 0.3) is 0 Å². The number of methoxy groups -OCH3 is 1. The Labute approximate surface area is 132 Å². The second kappa shape index (κ2) is 5.26. The van der Waals surface area contributed by atoms with E-state index in [1.807, 2.05) is 30.3 Å². The van der Waals surface area contributed by atoms with Gasteiger partial charge in [-0.25, -0.2) is 0 Å². The molecule has 0 heterocycles. The molecule has 0 aromatic heterocycles. The van der Waals surface area contributed by atoms with E-state index in [9.17, 15) is 4.79 Å². The van der Waals surface area contributed by atoms with Crippen LogP contribution in [0.3, 0.4) is 0 Å². The largest absolute Gasteiger partial charge is 0.497 e. The summed E-state index contributed by atoms with van der Waals surface area (Å²) >= 11 is 0. The van der Waals surface area contributed by atoms with E-state index < -0.39 is 0 Å². The normalized spacial score (nSPS) is 36.0. The molecule has 116 valence electrons. The third kappa shape index (κ3) is 2.49. The highest BCUT2D eigenvalue weighted by atomic mass is 16.5. The lowest BCUT2D eigenvalue weighted by molar-refractivity contribution is -0.0238. The van der Waals surface area contributed by atoms with Crippen molar-refractivity contribution < 1.29 is 9.53 Å². The average Bonchev–Trinajstić information content (AvgIpc) is 2.51. The minimum Gasteiger partial charge on any atom is -0.497 e. The SMILES string of the molecule is COc1cccc(C(=O)C=CC23CC4CC(CC(C4)C2)C3)c1. The van der Waals surface area contributed by atoms with Crippen molar-refractivity contribution in [2.24, 2.45) is 23.2 Å². The highest BCUT2D eigenvalue weighted by molar-refractivity contribution is 6.04. The Kier molecular flexibility index (Phi) is 3.36. The molecule has 22 heavy (non-hydrogen) atoms. The number of ketones is 1. The predicted octanol–water partition coefficient (Wildman–Crippen LogP) is 4.65. The molecule has 4 aliphatic rings. The standard InChI is InChI=1S/C20H24O2/c1-22-18-4-2-3-17(10-18)19(21)5-6-20-11-14-7-15(12-20)9-16(8-14)13-20/h2-6,10,14-16H,7-9,11-13H2,1H3. The summed E-state index contributed by atoms with van der Waals surface area (Å²) in [7, 11) is 1.63. The van der Waals surface area contributed by atoms with Crippen molar-refractivity contribution in [1.82, 2.24) is 0 Å². The van der Waals surface area contributed by atoms with Crippen molar-refractivity contribution in [3.63, 3.8) is 0 Å². The molecule has 1 aromatic carbocycles. The van der Waals surface area contributed by atoms with E-state index in [4.69, 9.17) is 4.74 Å². The quantitative estimate of drug-likeness (QED) is 0.597. The molecule has 4 bridgehead atoms. The molecule has 0 aliphatic heterocycles. The summed E-state index contributed by atoms with van der Waals surface area (Å²) in [6.07, 6.45) is 12.3. The molecule has 2 heteroatoms. The van der Waals surface area contributed by atoms with Crippen molar-refractivity contribution >= 4 is 5.78 Å². The summed E-state index contributed by atoms with van der Waals surface area (Å²) in [5, 5.41) is 0. The maximum atomic E-state index is 12.5. The third-order valence-corrected chi connectivity index (χ3v) is 6.03. The summed E-state index contributed by atoms with van der Waals surface area (Å²) in [4.78, 5) is 12.5. The van der Waals surface area contributed by atoms with E-state index >= 15 is 0 Å². The van der Waals surface area contributed by atoms with E-state index in [-0.39, 0.29) is 5.78 Å². The Balaban J connectivity index is 1.52. The number of carbonyl (C=O) groups is 1. The second-order valence-corrected chi connectivity index (χ2v) is 7.71. The van der Waals surface area contributed by atoms with Gasteiger partial charge in [-0.05, 0) is 79.9 Å². The fourth-order valence-corrected chi connectivity index (χ4v) is 5.51. The molecule has 5 rings (SSSR count). The fourth-order valence-electron chi connectivity index (χ4n) is 5.51. The monoisotopic (exact) mass is 296 g/mol. The summed E-state index contributed by atoms with van der Waals surface area (Å²) in [5.41, 5.74) is 1.05. The molecule has 4 saturated carbocycles. The number of ether oxygens (including phenoxy) is 1. The molecule has 0 amide bonds. The summed E-state index contributed by atoms with van der Waals surface area (Å²) < 4.78 is 5.21. The van der Waals surface area contributed by atoms with Gasteiger partial charge in [0.25, 0.3) is 0 Å². The van der Waals surface area contributed by atoms with Gasteiger partial charge in [0.2, 0.25) is 0 Å². The molecule has 4 aliphatic carbocycles. The summed E-state index contributed by atoms with van der Waals surface area (Å²) in [6, 6.07) is 7.45. The highest BCUT2D eigenvalue weighted by Gasteiger charge is 2.49. The first-order chi connectivity index (χ1) is 10.7. The van der Waals surface area contributed by atoms with Crippen LogP contribution in [0.2, 0.25) is 0 Å². The number of rotatable bonds is 4. The van der Waals surface area contributed by atoms with Gasteiger partial charge in [-0.2, -0.15) is 0 Å². The van der Waals surface area contributed by atoms with Gasteiger partial charge in [0, 0.05) is 5.56 Å². The zero-order chi connectivity index (χ0) is 15.2. The summed E-state index contributed by atoms with van der Waals surface area (Å²) in [6.45, 7) is 0. The van der Waals surface area contributed by atoms with Gasteiger partial charge < -0.3 is 4.74 Å². The molecule has 0 radical (unpaired) electrons. The van der Waals surface area contributed by atoms with E-state index in [1.54, 1.807) is 7.11 Å². The first-order valence-corrected chi connectivity index (χ1v) is 8.53. The third-order valence-electron chi connectivity index (χ3n) is 6.03. The van der Waals surface area contributed by atoms with Crippen molar-refractivity contribution in [2.75, 3.05) is 7.11 Å². The van der Waals surface area contributed by atoms with Gasteiger partial charge in [-0.1, -0.05) is 18.2 Å². The number of benzene rings is 1. The minimum absolute atomic E-state index is 0.106. The molecule has 0 N–H and O–H groups in total. The maximum Gasteiger partial charge on any atom is 0.185 e. The zero-order valence-corrected chi connectivity index (χ0v) is 13.3. The van der Waals surface area contributed by atoms with Gasteiger partial charge in [-0.15, -0.1) is 0 Å². The fraction of sp³-hybridized carbons (Fsp3) is 0.550. The lowest BCUT2D eigenvalue weighted by Gasteiger charge is -2.55. The van der Waals surface area contributed by atoms with Crippen LogP contribution in [0, 0.1) is 23.2 Å². The van der Waals surface area contributed by atoms with E-state index in [2.05, 4.69) is 6.08 Å². The van der Waals surface area contributed by atoms with Crippen LogP contribution in [0.15, 0.2) is 36.4 Å². The van der Waals surface area contributed by atoms with Crippen LogP contribution in [-0.4, -0.2) is 12.9 Å². The molecule has 4 fully saturated rings. The topological polar surface area (TPSA) is 26.3 Å². The smallest absolute Gasteiger partial charge is 0.185 e. The van der Waals surface area contributed by atoms with E-state index in [0.717, 1.165) is 29.1 Å². The van der Waals surface area contributed by atoms with Crippen molar-refractivity contribution in [1.29, 1.82) is 0 Å². The van der Waals surface area contributed by atoms with Crippen LogP contribution in [-0.2, 0) is 0 Å². The van der Waals surface area contributed by atoms with Gasteiger partial charge >= 0.3 is 0 Å². The van der Waals surface area contributed by atoms with E-state index in [0.29, 0.717) is 5.41 Å².